The van der Waals surface area contributed by atoms with E-state index in [2.05, 4.69) is 9.73 Å². The van der Waals surface area contributed by atoms with E-state index in [1.54, 1.807) is 20.8 Å². The number of rotatable bonds is 1. The van der Waals surface area contributed by atoms with Crippen LogP contribution in [0.4, 0.5) is 4.79 Å². The lowest BCUT2D eigenvalue weighted by molar-refractivity contribution is -0.128. The topological polar surface area (TPSA) is 76.0 Å². The van der Waals surface area contributed by atoms with Crippen molar-refractivity contribution in [1.29, 1.82) is 0 Å². The fourth-order valence-corrected chi connectivity index (χ4v) is 0.396. The first-order valence-electron chi connectivity index (χ1n) is 3.31. The van der Waals surface area contributed by atoms with Gasteiger partial charge < -0.3 is 9.84 Å². The SMILES string of the molecule is CC(C)(C)OC(=O)N=CC(=O)O. The number of carbonyl (C=O) groups excluding carboxylic acids is 1. The molecule has 5 nitrogen and oxygen atoms in total. The second kappa shape index (κ2) is 3.85. The van der Waals surface area contributed by atoms with Crippen LogP contribution in [0.3, 0.4) is 0 Å². The average molecular weight is 173 g/mol. The van der Waals surface area contributed by atoms with E-state index in [1.165, 1.54) is 0 Å². The van der Waals surface area contributed by atoms with Crippen LogP contribution in [0.1, 0.15) is 20.8 Å². The van der Waals surface area contributed by atoms with Gasteiger partial charge in [0.05, 0.1) is 0 Å². The van der Waals surface area contributed by atoms with Crippen molar-refractivity contribution in [3.63, 3.8) is 0 Å². The van der Waals surface area contributed by atoms with Gasteiger partial charge in [-0.3, -0.25) is 0 Å². The Balaban J connectivity index is 3.99. The molecule has 0 saturated heterocycles. The molecule has 0 heterocycles. The summed E-state index contributed by atoms with van der Waals surface area (Å²) in [4.78, 5) is 23.6. The molecule has 0 aromatic rings. The van der Waals surface area contributed by atoms with E-state index < -0.39 is 17.7 Å². The highest BCUT2D eigenvalue weighted by atomic mass is 16.6. The van der Waals surface area contributed by atoms with Crippen LogP contribution >= 0.6 is 0 Å². The fraction of sp³-hybridized carbons (Fsp3) is 0.571. The monoisotopic (exact) mass is 173 g/mol. The lowest BCUT2D eigenvalue weighted by atomic mass is 10.2. The standard InChI is InChI=1S/C7H11NO4/c1-7(2,3)12-6(11)8-4-5(9)10/h4H,1-3H3,(H,9,10). The van der Waals surface area contributed by atoms with E-state index in [9.17, 15) is 9.59 Å². The molecule has 0 aromatic heterocycles. The van der Waals surface area contributed by atoms with Crippen molar-refractivity contribution in [3.05, 3.63) is 0 Å². The van der Waals surface area contributed by atoms with E-state index in [-0.39, 0.29) is 0 Å². The van der Waals surface area contributed by atoms with Crippen molar-refractivity contribution in [2.75, 3.05) is 0 Å². The van der Waals surface area contributed by atoms with Crippen LogP contribution in [0.2, 0.25) is 0 Å². The third kappa shape index (κ3) is 6.73. The highest BCUT2D eigenvalue weighted by Crippen LogP contribution is 2.07. The Kier molecular flexibility index (Phi) is 3.40. The molecule has 0 rings (SSSR count). The Bertz CT molecular complexity index is 214. The molecule has 0 aliphatic heterocycles. The van der Waals surface area contributed by atoms with E-state index in [4.69, 9.17) is 5.11 Å². The minimum atomic E-state index is -1.28. The second-order valence-corrected chi connectivity index (χ2v) is 3.08. The second-order valence-electron chi connectivity index (χ2n) is 3.08. The number of carbonyl (C=O) groups is 2. The summed E-state index contributed by atoms with van der Waals surface area (Å²) in [5, 5.41) is 8.10. The van der Waals surface area contributed by atoms with Gasteiger partial charge in [-0.1, -0.05) is 0 Å². The third-order valence-electron chi connectivity index (χ3n) is 0.674. The quantitative estimate of drug-likeness (QED) is 0.602. The van der Waals surface area contributed by atoms with Crippen LogP contribution < -0.4 is 0 Å². The molecule has 1 amide bonds. The molecule has 0 atom stereocenters. The van der Waals surface area contributed by atoms with Gasteiger partial charge in [0.15, 0.2) is 0 Å². The van der Waals surface area contributed by atoms with Gasteiger partial charge in [-0.25, -0.2) is 9.59 Å². The molecular weight excluding hydrogens is 162 g/mol. The van der Waals surface area contributed by atoms with Crippen LogP contribution in [0, 0.1) is 0 Å². The summed E-state index contributed by atoms with van der Waals surface area (Å²) in [6, 6.07) is 0. The van der Waals surface area contributed by atoms with Gasteiger partial charge in [-0.15, -0.1) is 0 Å². The van der Waals surface area contributed by atoms with Gasteiger partial charge in [0.25, 0.3) is 0 Å². The van der Waals surface area contributed by atoms with Gasteiger partial charge in [-0.05, 0) is 20.8 Å². The zero-order valence-electron chi connectivity index (χ0n) is 7.20. The highest BCUT2D eigenvalue weighted by molar-refractivity contribution is 6.23. The van der Waals surface area contributed by atoms with Crippen LogP contribution in [0.25, 0.3) is 0 Å². The number of hydrogen-bond donors (Lipinski definition) is 1. The minimum Gasteiger partial charge on any atom is -0.477 e. The summed E-state index contributed by atoms with van der Waals surface area (Å²) in [6.45, 7) is 5.00. The van der Waals surface area contributed by atoms with Crippen molar-refractivity contribution < 1.29 is 19.4 Å². The molecule has 0 spiro atoms. The number of carboxylic acid groups (broad SMARTS) is 1. The first-order valence-corrected chi connectivity index (χ1v) is 3.31. The predicted molar refractivity (Wildman–Crippen MR) is 42.4 cm³/mol. The Morgan fingerprint density at radius 2 is 1.92 bits per heavy atom. The van der Waals surface area contributed by atoms with Gasteiger partial charge >= 0.3 is 12.1 Å². The van der Waals surface area contributed by atoms with Gasteiger partial charge in [0.1, 0.15) is 11.8 Å². The van der Waals surface area contributed by atoms with Crippen LogP contribution in [-0.4, -0.2) is 29.0 Å². The Labute approximate surface area is 70.1 Å². The average Bonchev–Trinajstić information content (AvgIpc) is 1.79. The van der Waals surface area contributed by atoms with Crippen molar-refractivity contribution in [2.24, 2.45) is 4.99 Å². The van der Waals surface area contributed by atoms with Gasteiger partial charge in [0.2, 0.25) is 0 Å². The predicted octanol–water partition coefficient (Wildman–Crippen LogP) is 1.08. The molecule has 0 aliphatic rings. The zero-order valence-corrected chi connectivity index (χ0v) is 7.20. The first-order chi connectivity index (χ1) is 5.31. The van der Waals surface area contributed by atoms with E-state index >= 15 is 0 Å². The lowest BCUT2D eigenvalue weighted by Gasteiger charge is -2.16. The number of nitrogens with zero attached hydrogens (tertiary/aromatic N) is 1. The lowest BCUT2D eigenvalue weighted by Crippen LogP contribution is -2.22. The Morgan fingerprint density at radius 3 is 2.25 bits per heavy atom. The molecule has 0 aliphatic carbocycles. The van der Waals surface area contributed by atoms with E-state index in [1.807, 2.05) is 0 Å². The number of aliphatic imine (C=N–C) groups is 1. The summed E-state index contributed by atoms with van der Waals surface area (Å²) in [5.41, 5.74) is -0.646. The summed E-state index contributed by atoms with van der Waals surface area (Å²) < 4.78 is 4.69. The highest BCUT2D eigenvalue weighted by Gasteiger charge is 2.14. The third-order valence-corrected chi connectivity index (χ3v) is 0.674. The molecule has 0 saturated carbocycles. The molecule has 0 fully saturated rings. The largest absolute Gasteiger partial charge is 0.477 e. The Hall–Kier alpha value is -1.39. The Morgan fingerprint density at radius 1 is 1.42 bits per heavy atom. The van der Waals surface area contributed by atoms with Crippen LogP contribution in [0.5, 0.6) is 0 Å². The number of carboxylic acids is 1. The number of ether oxygens (including phenoxy) is 1. The number of amides is 1. The molecule has 1 N–H and O–H groups in total. The fourth-order valence-electron chi connectivity index (χ4n) is 0.396. The van der Waals surface area contributed by atoms with Gasteiger partial charge in [-0.2, -0.15) is 4.99 Å². The molecule has 68 valence electrons. The summed E-state index contributed by atoms with van der Waals surface area (Å²) in [5.74, 6) is -1.28. The molecule has 0 unspecified atom stereocenters. The molecule has 12 heavy (non-hydrogen) atoms. The zero-order chi connectivity index (χ0) is 9.78. The molecule has 0 bridgehead atoms. The molecular formula is C7H11NO4. The number of hydrogen-bond acceptors (Lipinski definition) is 3. The molecule has 0 aromatic carbocycles. The summed E-state index contributed by atoms with van der Waals surface area (Å²) >= 11 is 0. The smallest absolute Gasteiger partial charge is 0.434 e. The van der Waals surface area contributed by atoms with Crippen LogP contribution in [0.15, 0.2) is 4.99 Å². The molecule has 5 heteroatoms. The van der Waals surface area contributed by atoms with Crippen molar-refractivity contribution in [3.8, 4) is 0 Å². The first kappa shape index (κ1) is 10.6. The van der Waals surface area contributed by atoms with Gasteiger partial charge in [0, 0.05) is 0 Å². The van der Waals surface area contributed by atoms with E-state index in [0.717, 1.165) is 0 Å². The minimum absolute atomic E-state index is 0.494. The van der Waals surface area contributed by atoms with Crippen LogP contribution in [-0.2, 0) is 9.53 Å². The number of aliphatic carboxylic acids is 1. The van der Waals surface area contributed by atoms with Crippen molar-refractivity contribution in [1.82, 2.24) is 0 Å². The maximum absolute atomic E-state index is 10.7. The van der Waals surface area contributed by atoms with Crippen molar-refractivity contribution in [2.45, 2.75) is 26.4 Å². The summed E-state index contributed by atoms with van der Waals surface area (Å²) in [7, 11) is 0. The normalized spacial score (nSPS) is 11.6. The molecule has 0 radical (unpaired) electrons. The van der Waals surface area contributed by atoms with E-state index in [0.29, 0.717) is 6.21 Å². The maximum Gasteiger partial charge on any atom is 0.434 e. The summed E-state index contributed by atoms with van der Waals surface area (Å²) in [6.07, 6.45) is -0.404. The van der Waals surface area contributed by atoms with Crippen molar-refractivity contribution >= 4 is 18.3 Å². The maximum atomic E-state index is 10.7.